The lowest BCUT2D eigenvalue weighted by atomic mass is 10.4. The second-order valence-electron chi connectivity index (χ2n) is 4.94. The molecule has 26 heavy (non-hydrogen) atoms. The molecule has 0 unspecified atom stereocenters. The smallest absolute Gasteiger partial charge is 0.327 e. The number of carbonyl (C=O) groups excluding carboxylic acids is 3. The van der Waals surface area contributed by atoms with Crippen LogP contribution in [0.4, 0.5) is 0 Å². The molecule has 0 radical (unpaired) electrons. The molecule has 3 N–H and O–H groups in total. The lowest BCUT2D eigenvalue weighted by molar-refractivity contribution is -0.139. The Hall–Kier alpha value is -3.47. The highest BCUT2D eigenvalue weighted by Crippen LogP contribution is 1.98. The van der Waals surface area contributed by atoms with Crippen molar-refractivity contribution >= 4 is 17.7 Å². The number of ether oxygens (including phenoxy) is 1. The maximum absolute atomic E-state index is 12.0. The molecule has 2 aromatic rings. The normalized spacial score (nSPS) is 10.2. The Bertz CT molecular complexity index is 829. The Balaban J connectivity index is 1.86. The number of amides is 3. The molecular weight excluding hydrogens is 346 g/mol. The number of aromatic nitrogens is 2. The van der Waals surface area contributed by atoms with Crippen molar-refractivity contribution in [3.8, 4) is 0 Å². The first kappa shape index (κ1) is 18.9. The SMILES string of the molecule is COCCn1nc(C(=O)NNC(=O)C(=O)NCc2ccco2)ccc1=O. The molecule has 0 aliphatic rings. The molecule has 0 atom stereocenters. The van der Waals surface area contributed by atoms with Crippen molar-refractivity contribution in [1.82, 2.24) is 25.9 Å². The fourth-order valence-corrected chi connectivity index (χ4v) is 1.80. The molecule has 138 valence electrons. The number of methoxy groups -OCH3 is 1. The Morgan fingerprint density at radius 3 is 2.69 bits per heavy atom. The van der Waals surface area contributed by atoms with Crippen LogP contribution in [0.1, 0.15) is 16.2 Å². The Morgan fingerprint density at radius 2 is 2.00 bits per heavy atom. The monoisotopic (exact) mass is 363 g/mol. The van der Waals surface area contributed by atoms with Gasteiger partial charge in [-0.25, -0.2) is 4.68 Å². The van der Waals surface area contributed by atoms with E-state index in [2.05, 4.69) is 10.4 Å². The van der Waals surface area contributed by atoms with Gasteiger partial charge in [-0.3, -0.25) is 30.0 Å². The van der Waals surface area contributed by atoms with Gasteiger partial charge in [0, 0.05) is 13.2 Å². The van der Waals surface area contributed by atoms with Crippen molar-refractivity contribution in [1.29, 1.82) is 0 Å². The first-order valence-corrected chi connectivity index (χ1v) is 7.49. The van der Waals surface area contributed by atoms with Crippen molar-refractivity contribution < 1.29 is 23.5 Å². The van der Waals surface area contributed by atoms with Gasteiger partial charge >= 0.3 is 11.8 Å². The number of nitrogens with one attached hydrogen (secondary N) is 3. The zero-order chi connectivity index (χ0) is 18.9. The molecule has 0 aromatic carbocycles. The minimum Gasteiger partial charge on any atom is -0.467 e. The lowest BCUT2D eigenvalue weighted by Crippen LogP contribution is -2.48. The molecule has 0 saturated heterocycles. The maximum atomic E-state index is 12.0. The van der Waals surface area contributed by atoms with E-state index in [1.165, 1.54) is 19.4 Å². The third kappa shape index (κ3) is 5.27. The van der Waals surface area contributed by atoms with Crippen LogP contribution < -0.4 is 21.7 Å². The number of nitrogens with zero attached hydrogens (tertiary/aromatic N) is 2. The summed E-state index contributed by atoms with van der Waals surface area (Å²) in [7, 11) is 1.47. The predicted octanol–water partition coefficient (Wildman–Crippen LogP) is -1.44. The summed E-state index contributed by atoms with van der Waals surface area (Å²) in [5.41, 5.74) is 3.48. The van der Waals surface area contributed by atoms with Crippen molar-refractivity contribution in [3.05, 3.63) is 52.3 Å². The first-order chi connectivity index (χ1) is 12.5. The molecule has 11 nitrogen and oxygen atoms in total. The molecule has 3 amide bonds. The lowest BCUT2D eigenvalue weighted by Gasteiger charge is -2.08. The van der Waals surface area contributed by atoms with Gasteiger partial charge in [-0.2, -0.15) is 5.10 Å². The van der Waals surface area contributed by atoms with Gasteiger partial charge in [-0.15, -0.1) is 0 Å². The number of hydrazine groups is 1. The first-order valence-electron chi connectivity index (χ1n) is 7.49. The maximum Gasteiger partial charge on any atom is 0.327 e. The van der Waals surface area contributed by atoms with Gasteiger partial charge in [-0.1, -0.05) is 0 Å². The van der Waals surface area contributed by atoms with Gasteiger partial charge in [-0.05, 0) is 18.2 Å². The minimum absolute atomic E-state index is 0.0270. The van der Waals surface area contributed by atoms with Crippen molar-refractivity contribution in [3.63, 3.8) is 0 Å². The molecular formula is C15H17N5O6. The topological polar surface area (TPSA) is 145 Å². The zero-order valence-corrected chi connectivity index (χ0v) is 13.9. The predicted molar refractivity (Wildman–Crippen MR) is 86.5 cm³/mol. The molecule has 0 bridgehead atoms. The van der Waals surface area contributed by atoms with Gasteiger partial charge < -0.3 is 14.5 Å². The summed E-state index contributed by atoms with van der Waals surface area (Å²) in [6, 6.07) is 5.63. The van der Waals surface area contributed by atoms with Gasteiger partial charge in [0.2, 0.25) is 0 Å². The quantitative estimate of drug-likeness (QED) is 0.421. The van der Waals surface area contributed by atoms with E-state index in [1.807, 2.05) is 10.9 Å². The van der Waals surface area contributed by atoms with Crippen LogP contribution in [0.5, 0.6) is 0 Å². The number of rotatable bonds is 6. The average Bonchev–Trinajstić information content (AvgIpc) is 3.16. The van der Waals surface area contributed by atoms with Crippen LogP contribution in [0, 0.1) is 0 Å². The molecule has 2 heterocycles. The summed E-state index contributed by atoms with van der Waals surface area (Å²) >= 11 is 0. The van der Waals surface area contributed by atoms with Crippen LogP contribution >= 0.6 is 0 Å². The fraction of sp³-hybridized carbons (Fsp3) is 0.267. The van der Waals surface area contributed by atoms with Crippen LogP contribution in [0.25, 0.3) is 0 Å². The van der Waals surface area contributed by atoms with Gasteiger partial charge in [0.25, 0.3) is 11.5 Å². The highest BCUT2D eigenvalue weighted by molar-refractivity contribution is 6.35. The van der Waals surface area contributed by atoms with E-state index in [0.29, 0.717) is 5.76 Å². The molecule has 2 rings (SSSR count). The Kier molecular flexibility index (Phi) is 6.62. The largest absolute Gasteiger partial charge is 0.467 e. The van der Waals surface area contributed by atoms with Crippen LogP contribution in [0.2, 0.25) is 0 Å². The highest BCUT2D eigenvalue weighted by atomic mass is 16.5. The molecule has 0 spiro atoms. The number of furan rings is 1. The summed E-state index contributed by atoms with van der Waals surface area (Å²) in [6.07, 6.45) is 1.43. The summed E-state index contributed by atoms with van der Waals surface area (Å²) in [5, 5.41) is 6.17. The summed E-state index contributed by atoms with van der Waals surface area (Å²) < 4.78 is 10.9. The van der Waals surface area contributed by atoms with E-state index in [4.69, 9.17) is 9.15 Å². The number of hydrogen-bond acceptors (Lipinski definition) is 7. The molecule has 0 aliphatic heterocycles. The number of hydrogen-bond donors (Lipinski definition) is 3. The van der Waals surface area contributed by atoms with Gasteiger partial charge in [0.15, 0.2) is 5.69 Å². The number of carbonyl (C=O) groups is 3. The molecule has 0 fully saturated rings. The third-order valence-corrected chi connectivity index (χ3v) is 3.11. The average molecular weight is 363 g/mol. The fourth-order valence-electron chi connectivity index (χ4n) is 1.80. The zero-order valence-electron chi connectivity index (χ0n) is 13.9. The molecule has 11 heteroatoms. The van der Waals surface area contributed by atoms with Gasteiger partial charge in [0.1, 0.15) is 5.76 Å². The Morgan fingerprint density at radius 1 is 1.19 bits per heavy atom. The highest BCUT2D eigenvalue weighted by Gasteiger charge is 2.16. The second kappa shape index (κ2) is 9.13. The standard InChI is InChI=1S/C15H17N5O6/c1-25-8-6-20-12(21)5-4-11(19-20)13(22)17-18-15(24)14(23)16-9-10-3-2-7-26-10/h2-5,7H,6,8-9H2,1H3,(H,16,23)(H,17,22)(H,18,24). The van der Waals surface area contributed by atoms with E-state index in [0.717, 1.165) is 10.7 Å². The van der Waals surface area contributed by atoms with Crippen molar-refractivity contribution in [2.75, 3.05) is 13.7 Å². The molecule has 2 aromatic heterocycles. The Labute approximate surface area is 147 Å². The van der Waals surface area contributed by atoms with E-state index in [9.17, 15) is 19.2 Å². The summed E-state index contributed by atoms with van der Waals surface area (Å²) in [4.78, 5) is 46.8. The van der Waals surface area contributed by atoms with E-state index < -0.39 is 23.3 Å². The van der Waals surface area contributed by atoms with Crippen LogP contribution in [-0.4, -0.2) is 41.2 Å². The van der Waals surface area contributed by atoms with Crippen molar-refractivity contribution in [2.45, 2.75) is 13.1 Å². The van der Waals surface area contributed by atoms with E-state index >= 15 is 0 Å². The van der Waals surface area contributed by atoms with Gasteiger partial charge in [0.05, 0.1) is 26.0 Å². The minimum atomic E-state index is -1.07. The van der Waals surface area contributed by atoms with Crippen molar-refractivity contribution in [2.24, 2.45) is 0 Å². The molecule has 0 aliphatic carbocycles. The second-order valence-corrected chi connectivity index (χ2v) is 4.94. The third-order valence-electron chi connectivity index (χ3n) is 3.11. The molecule has 0 saturated carbocycles. The van der Waals surface area contributed by atoms with Crippen LogP contribution in [0.15, 0.2) is 39.7 Å². The summed E-state index contributed by atoms with van der Waals surface area (Å²) in [6.45, 7) is 0.432. The van der Waals surface area contributed by atoms with E-state index in [-0.39, 0.29) is 25.4 Å². The summed E-state index contributed by atoms with van der Waals surface area (Å²) in [5.74, 6) is -2.35. The van der Waals surface area contributed by atoms with Crippen LogP contribution in [-0.2, 0) is 27.4 Å². The van der Waals surface area contributed by atoms with Crippen LogP contribution in [0.3, 0.4) is 0 Å². The van der Waals surface area contributed by atoms with E-state index in [1.54, 1.807) is 12.1 Å².